The maximum atomic E-state index is 13.3. The van der Waals surface area contributed by atoms with Gasteiger partial charge in [0.15, 0.2) is 0 Å². The van der Waals surface area contributed by atoms with E-state index >= 15 is 0 Å². The molecule has 1 aromatic heterocycles. The summed E-state index contributed by atoms with van der Waals surface area (Å²) in [6.07, 6.45) is 0.881. The van der Waals surface area contributed by atoms with Gasteiger partial charge in [0.1, 0.15) is 29.1 Å². The molecule has 1 N–H and O–H groups in total. The first-order valence-corrected chi connectivity index (χ1v) is 11.4. The number of carbonyl (C=O) groups is 2. The van der Waals surface area contributed by atoms with Crippen LogP contribution in [-0.4, -0.2) is 23.4 Å². The lowest BCUT2D eigenvalue weighted by atomic mass is 9.97. The second kappa shape index (κ2) is 9.21. The highest BCUT2D eigenvalue weighted by molar-refractivity contribution is 6.51. The molecule has 0 saturated carbocycles. The number of aliphatic hydroxyl groups excluding tert-OH is 1. The third kappa shape index (κ3) is 4.00. The van der Waals surface area contributed by atoms with E-state index in [2.05, 4.69) is 0 Å². The Morgan fingerprint density at radius 1 is 1.03 bits per heavy atom. The molecule has 2 aromatic carbocycles. The number of aryl methyl sites for hydroxylation is 3. The highest BCUT2D eigenvalue weighted by Crippen LogP contribution is 2.44. The first kappa shape index (κ1) is 23.4. The van der Waals surface area contributed by atoms with Crippen molar-refractivity contribution in [2.45, 2.75) is 47.1 Å². The molecule has 1 saturated heterocycles. The smallest absolute Gasteiger partial charge is 0.300 e. The lowest BCUT2D eigenvalue weighted by Gasteiger charge is -2.25. The van der Waals surface area contributed by atoms with Crippen LogP contribution < -0.4 is 9.64 Å². The number of amides is 1. The van der Waals surface area contributed by atoms with Gasteiger partial charge in [-0.1, -0.05) is 19.1 Å². The predicted octanol–water partition coefficient (Wildman–Crippen LogP) is 5.93. The summed E-state index contributed by atoms with van der Waals surface area (Å²) in [4.78, 5) is 28.1. The summed E-state index contributed by atoms with van der Waals surface area (Å²) < 4.78 is 11.6. The predicted molar refractivity (Wildman–Crippen MR) is 131 cm³/mol. The lowest BCUT2D eigenvalue weighted by molar-refractivity contribution is -0.132. The van der Waals surface area contributed by atoms with Crippen LogP contribution in [-0.2, 0) is 9.59 Å². The number of aliphatic hydroxyl groups is 1. The average Bonchev–Trinajstić information content (AvgIpc) is 3.35. The maximum absolute atomic E-state index is 13.3. The Morgan fingerprint density at radius 2 is 1.79 bits per heavy atom. The first-order chi connectivity index (χ1) is 16.2. The lowest BCUT2D eigenvalue weighted by Crippen LogP contribution is -2.30. The normalized spacial score (nSPS) is 17.4. The summed E-state index contributed by atoms with van der Waals surface area (Å²) in [6.45, 7) is 10.2. The number of ketones is 1. The van der Waals surface area contributed by atoms with Gasteiger partial charge in [-0.25, -0.2) is 0 Å². The number of furan rings is 1. The second-order valence-corrected chi connectivity index (χ2v) is 8.67. The van der Waals surface area contributed by atoms with Crippen LogP contribution in [0.15, 0.2) is 58.5 Å². The van der Waals surface area contributed by atoms with Crippen molar-refractivity contribution in [3.63, 3.8) is 0 Å². The molecule has 4 rings (SSSR count). The fourth-order valence-electron chi connectivity index (χ4n) is 4.27. The second-order valence-electron chi connectivity index (χ2n) is 8.67. The summed E-state index contributed by atoms with van der Waals surface area (Å²) >= 11 is 0. The van der Waals surface area contributed by atoms with Crippen LogP contribution in [0.2, 0.25) is 0 Å². The Bertz CT molecular complexity index is 1300. The molecule has 1 amide bonds. The molecule has 0 radical (unpaired) electrons. The zero-order valence-electron chi connectivity index (χ0n) is 20.1. The summed E-state index contributed by atoms with van der Waals surface area (Å²) in [7, 11) is 0. The van der Waals surface area contributed by atoms with E-state index in [0.717, 1.165) is 23.1 Å². The number of nitrogens with zero attached hydrogens (tertiary/aromatic N) is 1. The molecule has 34 heavy (non-hydrogen) atoms. The van der Waals surface area contributed by atoms with Crippen LogP contribution in [0.25, 0.3) is 5.76 Å². The van der Waals surface area contributed by atoms with Crippen LogP contribution in [0, 0.1) is 27.7 Å². The molecular formula is C28H29NO5. The van der Waals surface area contributed by atoms with Crippen molar-refractivity contribution >= 4 is 23.1 Å². The number of carbonyl (C=O) groups excluding carboxylic acids is 2. The standard InChI is InChI=1S/C28H29NO5/c1-6-14-33-22-13-11-20(15-17(22)3)26(30)24-25(23-12-10-18(4)34-23)29(28(32)27(24)31)21-9-7-8-16(2)19(21)5/h7-13,15,25,30H,6,14H2,1-5H3/b26-24-. The van der Waals surface area contributed by atoms with E-state index in [9.17, 15) is 14.7 Å². The summed E-state index contributed by atoms with van der Waals surface area (Å²) in [5.74, 6) is 0.0896. The average molecular weight is 460 g/mol. The fraction of sp³-hybridized carbons (Fsp3) is 0.286. The molecule has 1 atom stereocenters. The number of benzene rings is 2. The van der Waals surface area contributed by atoms with Crippen molar-refractivity contribution < 1.29 is 23.8 Å². The topological polar surface area (TPSA) is 80.0 Å². The molecule has 6 nitrogen and oxygen atoms in total. The molecule has 1 aliphatic heterocycles. The van der Waals surface area contributed by atoms with Crippen molar-refractivity contribution in [3.8, 4) is 5.75 Å². The molecule has 6 heteroatoms. The third-order valence-electron chi connectivity index (χ3n) is 6.22. The molecule has 1 unspecified atom stereocenters. The Morgan fingerprint density at radius 3 is 2.44 bits per heavy atom. The van der Waals surface area contributed by atoms with E-state index in [-0.39, 0.29) is 11.3 Å². The van der Waals surface area contributed by atoms with Crippen LogP contribution in [0.3, 0.4) is 0 Å². The van der Waals surface area contributed by atoms with Crippen molar-refractivity contribution in [1.82, 2.24) is 0 Å². The van der Waals surface area contributed by atoms with E-state index in [1.54, 1.807) is 43.3 Å². The highest BCUT2D eigenvalue weighted by atomic mass is 16.5. The van der Waals surface area contributed by atoms with Crippen molar-refractivity contribution in [2.24, 2.45) is 0 Å². The molecule has 2 heterocycles. The van der Waals surface area contributed by atoms with Crippen molar-refractivity contribution in [1.29, 1.82) is 0 Å². The molecule has 176 valence electrons. The largest absolute Gasteiger partial charge is 0.507 e. The summed E-state index contributed by atoms with van der Waals surface area (Å²) in [6, 6.07) is 13.5. The first-order valence-electron chi connectivity index (χ1n) is 11.4. The number of anilines is 1. The van der Waals surface area contributed by atoms with E-state index in [1.165, 1.54) is 4.90 Å². The van der Waals surface area contributed by atoms with Gasteiger partial charge < -0.3 is 14.3 Å². The monoisotopic (exact) mass is 459 g/mol. The van der Waals surface area contributed by atoms with Gasteiger partial charge in [-0.15, -0.1) is 0 Å². The molecule has 0 spiro atoms. The van der Waals surface area contributed by atoms with E-state index < -0.39 is 17.7 Å². The quantitative estimate of drug-likeness (QED) is 0.281. The molecule has 1 aliphatic rings. The zero-order valence-corrected chi connectivity index (χ0v) is 20.1. The molecule has 0 aliphatic carbocycles. The van der Waals surface area contributed by atoms with Gasteiger partial charge in [0.2, 0.25) is 0 Å². The van der Waals surface area contributed by atoms with Gasteiger partial charge in [0, 0.05) is 11.3 Å². The Labute approximate surface area is 199 Å². The minimum absolute atomic E-state index is 0.00174. The highest BCUT2D eigenvalue weighted by Gasteiger charge is 2.48. The number of hydrogen-bond acceptors (Lipinski definition) is 5. The van der Waals surface area contributed by atoms with E-state index in [1.807, 2.05) is 39.8 Å². The maximum Gasteiger partial charge on any atom is 0.300 e. The number of ether oxygens (including phenoxy) is 1. The van der Waals surface area contributed by atoms with Crippen LogP contribution in [0.5, 0.6) is 5.75 Å². The van der Waals surface area contributed by atoms with Crippen LogP contribution in [0.4, 0.5) is 5.69 Å². The molecule has 3 aromatic rings. The van der Waals surface area contributed by atoms with Crippen molar-refractivity contribution in [3.05, 3.63) is 87.9 Å². The van der Waals surface area contributed by atoms with E-state index in [0.29, 0.717) is 35.1 Å². The number of Topliss-reactive ketones (excluding diaryl/α,β-unsaturated/α-hetero) is 1. The molecule has 1 fully saturated rings. The summed E-state index contributed by atoms with van der Waals surface area (Å²) in [5, 5.41) is 11.3. The number of rotatable bonds is 6. The minimum Gasteiger partial charge on any atom is -0.507 e. The van der Waals surface area contributed by atoms with Gasteiger partial charge in [-0.05, 0) is 87.2 Å². The Hall–Kier alpha value is -3.80. The van der Waals surface area contributed by atoms with Crippen LogP contribution in [0.1, 0.15) is 53.2 Å². The molecule has 0 bridgehead atoms. The van der Waals surface area contributed by atoms with E-state index in [4.69, 9.17) is 9.15 Å². The summed E-state index contributed by atoms with van der Waals surface area (Å²) in [5.41, 5.74) is 3.75. The van der Waals surface area contributed by atoms with Gasteiger partial charge in [0.25, 0.3) is 11.7 Å². The van der Waals surface area contributed by atoms with Gasteiger partial charge >= 0.3 is 0 Å². The minimum atomic E-state index is -0.884. The fourth-order valence-corrected chi connectivity index (χ4v) is 4.27. The Kier molecular flexibility index (Phi) is 6.33. The molecular weight excluding hydrogens is 430 g/mol. The Balaban J connectivity index is 1.89. The van der Waals surface area contributed by atoms with Gasteiger partial charge in [0.05, 0.1) is 12.2 Å². The third-order valence-corrected chi connectivity index (χ3v) is 6.22. The number of hydrogen-bond donors (Lipinski definition) is 1. The van der Waals surface area contributed by atoms with Crippen LogP contribution >= 0.6 is 0 Å². The van der Waals surface area contributed by atoms with Crippen molar-refractivity contribution in [2.75, 3.05) is 11.5 Å². The van der Waals surface area contributed by atoms with Gasteiger partial charge in [-0.3, -0.25) is 14.5 Å². The SMILES string of the molecule is CCCOc1ccc(/C(O)=C2/C(=O)C(=O)N(c3cccc(C)c3C)C2c2ccc(C)o2)cc1C. The zero-order chi connectivity index (χ0) is 24.6. The van der Waals surface area contributed by atoms with Gasteiger partial charge in [-0.2, -0.15) is 0 Å².